The van der Waals surface area contributed by atoms with E-state index in [0.717, 1.165) is 6.07 Å². The number of fused-ring (bicyclic) bond motifs is 1. The van der Waals surface area contributed by atoms with Gasteiger partial charge in [-0.1, -0.05) is 12.1 Å². The second-order valence-corrected chi connectivity index (χ2v) is 4.62. The van der Waals surface area contributed by atoms with E-state index in [1.54, 1.807) is 11.0 Å². The van der Waals surface area contributed by atoms with Crippen LogP contribution in [0.1, 0.15) is 6.42 Å². The zero-order valence-electron chi connectivity index (χ0n) is 10.8. The molecular weight excluding hydrogens is 262 g/mol. The van der Waals surface area contributed by atoms with E-state index in [2.05, 4.69) is 0 Å². The first-order valence-electron chi connectivity index (χ1n) is 6.41. The van der Waals surface area contributed by atoms with Crippen molar-refractivity contribution in [1.29, 1.82) is 0 Å². The summed E-state index contributed by atoms with van der Waals surface area (Å²) in [6.45, 7) is 1.05. The molecule has 0 aromatic heterocycles. The maximum atomic E-state index is 14.1. The predicted octanol–water partition coefficient (Wildman–Crippen LogP) is 3.47. The van der Waals surface area contributed by atoms with E-state index in [0.29, 0.717) is 31.0 Å². The monoisotopic (exact) mass is 276 g/mol. The van der Waals surface area contributed by atoms with Crippen LogP contribution >= 0.6 is 0 Å². The van der Waals surface area contributed by atoms with Crippen LogP contribution in [-0.2, 0) is 0 Å². The Labute approximate surface area is 115 Å². The number of nitrogens with zero attached hydrogens (tertiary/aromatic N) is 1. The third-order valence-electron chi connectivity index (χ3n) is 3.31. The van der Waals surface area contributed by atoms with Gasteiger partial charge in [-0.2, -0.15) is 0 Å². The van der Waals surface area contributed by atoms with Crippen LogP contribution in [0.25, 0.3) is 0 Å². The third kappa shape index (κ3) is 2.05. The number of anilines is 3. The number of halogens is 2. The minimum Gasteiger partial charge on any atom is -0.491 e. The zero-order chi connectivity index (χ0) is 14.1. The second-order valence-electron chi connectivity index (χ2n) is 4.62. The highest BCUT2D eigenvalue weighted by molar-refractivity contribution is 5.78. The standard InChI is InChI=1S/C15H14F2N2O/c16-10-6-7-11(18)15(14(10)17)19-8-3-9-20-13-5-2-1-4-12(13)19/h1-2,4-7H,3,8-9,18H2. The molecule has 20 heavy (non-hydrogen) atoms. The summed E-state index contributed by atoms with van der Waals surface area (Å²) in [4.78, 5) is 1.68. The molecule has 0 saturated heterocycles. The van der Waals surface area contributed by atoms with E-state index in [-0.39, 0.29) is 11.4 Å². The van der Waals surface area contributed by atoms with Crippen molar-refractivity contribution in [2.24, 2.45) is 0 Å². The van der Waals surface area contributed by atoms with Gasteiger partial charge >= 0.3 is 0 Å². The van der Waals surface area contributed by atoms with Crippen molar-refractivity contribution in [2.75, 3.05) is 23.8 Å². The molecular formula is C15H14F2N2O. The van der Waals surface area contributed by atoms with Crippen molar-refractivity contribution < 1.29 is 13.5 Å². The van der Waals surface area contributed by atoms with Gasteiger partial charge in [0.2, 0.25) is 0 Å². The van der Waals surface area contributed by atoms with Gasteiger partial charge in [0.05, 0.1) is 18.0 Å². The van der Waals surface area contributed by atoms with Gasteiger partial charge in [0.15, 0.2) is 11.6 Å². The SMILES string of the molecule is Nc1ccc(F)c(F)c1N1CCCOc2ccccc21. The van der Waals surface area contributed by atoms with Crippen LogP contribution in [0, 0.1) is 11.6 Å². The van der Waals surface area contributed by atoms with Gasteiger partial charge in [-0.15, -0.1) is 0 Å². The van der Waals surface area contributed by atoms with Crippen molar-refractivity contribution in [1.82, 2.24) is 0 Å². The Morgan fingerprint density at radius 2 is 1.90 bits per heavy atom. The maximum Gasteiger partial charge on any atom is 0.184 e. The molecule has 0 fully saturated rings. The molecule has 0 unspecified atom stereocenters. The fraction of sp³-hybridized carbons (Fsp3) is 0.200. The Balaban J connectivity index is 2.17. The van der Waals surface area contributed by atoms with Gasteiger partial charge in [-0.25, -0.2) is 8.78 Å². The Morgan fingerprint density at radius 3 is 2.75 bits per heavy atom. The van der Waals surface area contributed by atoms with Crippen LogP contribution in [0.3, 0.4) is 0 Å². The van der Waals surface area contributed by atoms with Crippen molar-refractivity contribution in [2.45, 2.75) is 6.42 Å². The van der Waals surface area contributed by atoms with Crippen molar-refractivity contribution in [3.63, 3.8) is 0 Å². The zero-order valence-corrected chi connectivity index (χ0v) is 10.8. The lowest BCUT2D eigenvalue weighted by Gasteiger charge is -2.25. The van der Waals surface area contributed by atoms with Gasteiger partial charge in [0.25, 0.3) is 0 Å². The number of nitrogen functional groups attached to an aromatic ring is 1. The van der Waals surface area contributed by atoms with Gasteiger partial charge in [-0.05, 0) is 30.7 Å². The molecule has 3 rings (SSSR count). The van der Waals surface area contributed by atoms with E-state index < -0.39 is 11.6 Å². The Bertz CT molecular complexity index is 646. The Kier molecular flexibility index (Phi) is 3.18. The van der Waals surface area contributed by atoms with Crippen LogP contribution < -0.4 is 15.4 Å². The lowest BCUT2D eigenvalue weighted by Crippen LogP contribution is -2.20. The molecule has 3 nitrogen and oxygen atoms in total. The summed E-state index contributed by atoms with van der Waals surface area (Å²) in [5, 5.41) is 0. The van der Waals surface area contributed by atoms with Gasteiger partial charge in [0, 0.05) is 6.54 Å². The molecule has 0 radical (unpaired) electrons. The fourth-order valence-corrected chi connectivity index (χ4v) is 2.39. The molecule has 0 amide bonds. The van der Waals surface area contributed by atoms with Crippen LogP contribution in [0.15, 0.2) is 36.4 Å². The van der Waals surface area contributed by atoms with Gasteiger partial charge < -0.3 is 15.4 Å². The number of para-hydroxylation sites is 2. The molecule has 0 saturated carbocycles. The summed E-state index contributed by atoms with van der Waals surface area (Å²) in [5.74, 6) is -1.19. The normalized spacial score (nSPS) is 14.4. The van der Waals surface area contributed by atoms with Crippen molar-refractivity contribution >= 4 is 17.1 Å². The summed E-state index contributed by atoms with van der Waals surface area (Å²) in [6, 6.07) is 9.70. The number of ether oxygens (including phenoxy) is 1. The summed E-state index contributed by atoms with van der Waals surface area (Å²) < 4.78 is 33.3. The first-order valence-corrected chi connectivity index (χ1v) is 6.41. The van der Waals surface area contributed by atoms with E-state index in [1.807, 2.05) is 18.2 Å². The first-order chi connectivity index (χ1) is 9.68. The molecule has 5 heteroatoms. The maximum absolute atomic E-state index is 14.1. The van der Waals surface area contributed by atoms with Crippen LogP contribution in [0.4, 0.5) is 25.8 Å². The average molecular weight is 276 g/mol. The summed E-state index contributed by atoms with van der Waals surface area (Å²) in [6.07, 6.45) is 0.698. The topological polar surface area (TPSA) is 38.5 Å². The Morgan fingerprint density at radius 1 is 1.10 bits per heavy atom. The van der Waals surface area contributed by atoms with E-state index >= 15 is 0 Å². The molecule has 1 aliphatic rings. The lowest BCUT2D eigenvalue weighted by molar-refractivity contribution is 0.322. The highest BCUT2D eigenvalue weighted by Gasteiger charge is 2.23. The molecule has 0 bridgehead atoms. The molecule has 0 spiro atoms. The molecule has 0 atom stereocenters. The average Bonchev–Trinajstić information content (AvgIpc) is 2.67. The molecule has 104 valence electrons. The number of nitrogens with two attached hydrogens (primary N) is 1. The third-order valence-corrected chi connectivity index (χ3v) is 3.31. The number of hydrogen-bond acceptors (Lipinski definition) is 3. The van der Waals surface area contributed by atoms with E-state index in [4.69, 9.17) is 10.5 Å². The molecule has 2 aromatic rings. The smallest absolute Gasteiger partial charge is 0.184 e. The van der Waals surface area contributed by atoms with E-state index in [1.165, 1.54) is 6.07 Å². The first kappa shape index (κ1) is 12.7. The quantitative estimate of drug-likeness (QED) is 0.810. The predicted molar refractivity (Wildman–Crippen MR) is 74.3 cm³/mol. The minimum atomic E-state index is -0.929. The van der Waals surface area contributed by atoms with Gasteiger partial charge in [0.1, 0.15) is 11.4 Å². The fourth-order valence-electron chi connectivity index (χ4n) is 2.39. The van der Waals surface area contributed by atoms with Gasteiger partial charge in [-0.3, -0.25) is 0 Å². The molecule has 1 heterocycles. The highest BCUT2D eigenvalue weighted by atomic mass is 19.2. The lowest BCUT2D eigenvalue weighted by atomic mass is 10.2. The van der Waals surface area contributed by atoms with Crippen LogP contribution in [-0.4, -0.2) is 13.2 Å². The number of rotatable bonds is 1. The summed E-state index contributed by atoms with van der Waals surface area (Å²) in [5.41, 5.74) is 6.82. The summed E-state index contributed by atoms with van der Waals surface area (Å²) in [7, 11) is 0. The van der Waals surface area contributed by atoms with Crippen molar-refractivity contribution in [3.8, 4) is 5.75 Å². The Hall–Kier alpha value is -2.30. The number of benzene rings is 2. The van der Waals surface area contributed by atoms with Crippen LogP contribution in [0.5, 0.6) is 5.75 Å². The summed E-state index contributed by atoms with van der Waals surface area (Å²) >= 11 is 0. The van der Waals surface area contributed by atoms with Crippen molar-refractivity contribution in [3.05, 3.63) is 48.0 Å². The molecule has 0 aliphatic carbocycles. The molecule has 2 aromatic carbocycles. The molecule has 1 aliphatic heterocycles. The highest BCUT2D eigenvalue weighted by Crippen LogP contribution is 2.40. The molecule has 2 N–H and O–H groups in total. The second kappa shape index (κ2) is 5.00. The number of hydrogen-bond donors (Lipinski definition) is 1. The minimum absolute atomic E-state index is 0.0722. The van der Waals surface area contributed by atoms with Crippen LogP contribution in [0.2, 0.25) is 0 Å². The largest absolute Gasteiger partial charge is 0.491 e. The van der Waals surface area contributed by atoms with E-state index in [9.17, 15) is 8.78 Å².